The van der Waals surface area contributed by atoms with Crippen LogP contribution in [0.25, 0.3) is 11.3 Å². The molecule has 0 radical (unpaired) electrons. The van der Waals surface area contributed by atoms with Gasteiger partial charge in [-0.1, -0.05) is 41.9 Å². The van der Waals surface area contributed by atoms with Gasteiger partial charge in [0.1, 0.15) is 5.69 Å². The van der Waals surface area contributed by atoms with E-state index in [2.05, 4.69) is 0 Å². The number of benzene rings is 2. The first kappa shape index (κ1) is 15.0. The summed E-state index contributed by atoms with van der Waals surface area (Å²) in [7, 11) is 0. The number of thiazole rings is 1. The van der Waals surface area contributed by atoms with Gasteiger partial charge < -0.3 is 4.84 Å². The van der Waals surface area contributed by atoms with Gasteiger partial charge in [-0.05, 0) is 36.5 Å². The van der Waals surface area contributed by atoms with E-state index in [4.69, 9.17) is 28.7 Å². The van der Waals surface area contributed by atoms with Crippen LogP contribution in [0.2, 0.25) is 5.02 Å². The lowest BCUT2D eigenvalue weighted by molar-refractivity contribution is 0.0467. The number of halogens is 1. The molecule has 2 aromatic carbocycles. The fourth-order valence-electron chi connectivity index (χ4n) is 1.90. The average Bonchev–Trinajstić information content (AvgIpc) is 2.90. The molecule has 0 bridgehead atoms. The lowest BCUT2D eigenvalue weighted by atomic mass is 10.2. The summed E-state index contributed by atoms with van der Waals surface area (Å²) in [5.41, 5.74) is 2.06. The highest BCUT2D eigenvalue weighted by molar-refractivity contribution is 7.73. The fourth-order valence-corrected chi connectivity index (χ4v) is 2.98. The zero-order valence-corrected chi connectivity index (χ0v) is 13.6. The predicted molar refractivity (Wildman–Crippen MR) is 90.9 cm³/mol. The molecule has 0 aliphatic carbocycles. The van der Waals surface area contributed by atoms with E-state index in [1.54, 1.807) is 36.4 Å². The minimum Gasteiger partial charge on any atom is -0.329 e. The van der Waals surface area contributed by atoms with Crippen LogP contribution in [0.1, 0.15) is 10.4 Å². The van der Waals surface area contributed by atoms with E-state index in [9.17, 15) is 4.79 Å². The van der Waals surface area contributed by atoms with Crippen molar-refractivity contribution >= 4 is 41.1 Å². The van der Waals surface area contributed by atoms with Crippen LogP contribution in [-0.4, -0.2) is 10.7 Å². The largest absolute Gasteiger partial charge is 0.363 e. The van der Waals surface area contributed by atoms with Crippen LogP contribution in [0.4, 0.5) is 0 Å². The van der Waals surface area contributed by atoms with Crippen LogP contribution in [0.3, 0.4) is 0 Å². The highest BCUT2D eigenvalue weighted by atomic mass is 35.5. The molecule has 0 aliphatic heterocycles. The number of nitrogens with zero attached hydrogens (tertiary/aromatic N) is 1. The van der Waals surface area contributed by atoms with Gasteiger partial charge in [0.25, 0.3) is 0 Å². The maximum Gasteiger partial charge on any atom is 0.363 e. The Morgan fingerprint density at radius 2 is 1.77 bits per heavy atom. The number of carbonyl (C=O) groups excluding carboxylic acids is 1. The van der Waals surface area contributed by atoms with Crippen molar-refractivity contribution < 1.29 is 9.63 Å². The first-order chi connectivity index (χ1) is 10.6. The Hall–Kier alpha value is -1.95. The van der Waals surface area contributed by atoms with Crippen molar-refractivity contribution in [3.05, 3.63) is 74.5 Å². The summed E-state index contributed by atoms with van der Waals surface area (Å²) < 4.78 is 1.84. The molecule has 0 saturated carbocycles. The first-order valence-corrected chi connectivity index (χ1v) is 8.06. The highest BCUT2D eigenvalue weighted by Gasteiger charge is 2.13. The summed E-state index contributed by atoms with van der Waals surface area (Å²) in [4.78, 5) is 17.6. The molecule has 1 aromatic heterocycles. The molecule has 6 heteroatoms. The zero-order valence-electron chi connectivity index (χ0n) is 11.2. The van der Waals surface area contributed by atoms with Crippen molar-refractivity contribution in [1.82, 2.24) is 4.73 Å². The van der Waals surface area contributed by atoms with E-state index < -0.39 is 5.97 Å². The SMILES string of the molecule is O=C(On1c(-c2ccc(Cl)cc2)csc1=S)c1ccccc1. The third-order valence-corrected chi connectivity index (χ3v) is 4.39. The van der Waals surface area contributed by atoms with Crippen molar-refractivity contribution in [1.29, 1.82) is 0 Å². The van der Waals surface area contributed by atoms with Gasteiger partial charge in [0.05, 0.1) is 5.56 Å². The van der Waals surface area contributed by atoms with Crippen molar-refractivity contribution in [3.63, 3.8) is 0 Å². The highest BCUT2D eigenvalue weighted by Crippen LogP contribution is 2.24. The topological polar surface area (TPSA) is 31.2 Å². The van der Waals surface area contributed by atoms with Gasteiger partial charge in [-0.3, -0.25) is 0 Å². The molecular weight excluding hydrogens is 338 g/mol. The molecule has 0 N–H and O–H groups in total. The minimum absolute atomic E-state index is 0.453. The second-order valence-electron chi connectivity index (χ2n) is 4.43. The van der Waals surface area contributed by atoms with Gasteiger partial charge in [0, 0.05) is 16.0 Å². The minimum atomic E-state index is -0.453. The Morgan fingerprint density at radius 3 is 2.45 bits per heavy atom. The number of aromatic nitrogens is 1. The summed E-state index contributed by atoms with van der Waals surface area (Å²) in [5, 5.41) is 2.49. The Kier molecular flexibility index (Phi) is 4.38. The van der Waals surface area contributed by atoms with Gasteiger partial charge in [-0.2, -0.15) is 4.73 Å². The van der Waals surface area contributed by atoms with Crippen LogP contribution >= 0.6 is 35.2 Å². The van der Waals surface area contributed by atoms with Crippen LogP contribution in [-0.2, 0) is 0 Å². The lowest BCUT2D eigenvalue weighted by Gasteiger charge is -2.08. The number of rotatable bonds is 3. The molecular formula is C16H10ClNO2S2. The summed E-state index contributed by atoms with van der Waals surface area (Å²) in [5.74, 6) is -0.453. The van der Waals surface area contributed by atoms with E-state index >= 15 is 0 Å². The third-order valence-electron chi connectivity index (χ3n) is 2.98. The fraction of sp³-hybridized carbons (Fsp3) is 0. The molecule has 0 spiro atoms. The van der Waals surface area contributed by atoms with Gasteiger partial charge in [-0.15, -0.1) is 11.3 Å². The van der Waals surface area contributed by atoms with E-state index in [-0.39, 0.29) is 0 Å². The van der Waals surface area contributed by atoms with Gasteiger partial charge >= 0.3 is 5.97 Å². The van der Waals surface area contributed by atoms with Gasteiger partial charge in [0.2, 0.25) is 0 Å². The first-order valence-electron chi connectivity index (χ1n) is 6.39. The van der Waals surface area contributed by atoms with E-state index in [0.717, 1.165) is 11.3 Å². The standard InChI is InChI=1S/C16H10ClNO2S2/c17-13-8-6-11(7-9-13)14-10-22-16(21)18(14)20-15(19)12-4-2-1-3-5-12/h1-10H. The molecule has 3 nitrogen and oxygen atoms in total. The summed E-state index contributed by atoms with van der Waals surface area (Å²) in [6.07, 6.45) is 0. The Labute approximate surface area is 141 Å². The van der Waals surface area contributed by atoms with Crippen molar-refractivity contribution in [2.45, 2.75) is 0 Å². The third kappa shape index (κ3) is 3.11. The number of hydrogen-bond donors (Lipinski definition) is 0. The molecule has 3 rings (SSSR count). The van der Waals surface area contributed by atoms with Crippen LogP contribution in [0.5, 0.6) is 0 Å². The van der Waals surface area contributed by atoms with Crippen molar-refractivity contribution in [2.24, 2.45) is 0 Å². The van der Waals surface area contributed by atoms with Crippen LogP contribution < -0.4 is 4.84 Å². The van der Waals surface area contributed by atoms with Crippen molar-refractivity contribution in [2.75, 3.05) is 0 Å². The lowest BCUT2D eigenvalue weighted by Crippen LogP contribution is -2.20. The number of hydrogen-bond acceptors (Lipinski definition) is 4. The normalized spacial score (nSPS) is 10.4. The maximum atomic E-state index is 12.2. The van der Waals surface area contributed by atoms with Crippen molar-refractivity contribution in [3.8, 4) is 11.3 Å². The van der Waals surface area contributed by atoms with Crippen LogP contribution in [0.15, 0.2) is 60.0 Å². The Morgan fingerprint density at radius 1 is 1.09 bits per heavy atom. The average molecular weight is 348 g/mol. The molecule has 0 aliphatic rings. The quantitative estimate of drug-likeness (QED) is 0.633. The summed E-state index contributed by atoms with van der Waals surface area (Å²) in [6.45, 7) is 0. The molecule has 0 fully saturated rings. The Balaban J connectivity index is 1.95. The Bertz CT molecular complexity index is 854. The second kappa shape index (κ2) is 6.44. The molecule has 0 saturated heterocycles. The number of carbonyl (C=O) groups is 1. The summed E-state index contributed by atoms with van der Waals surface area (Å²) >= 11 is 12.5. The maximum absolute atomic E-state index is 12.2. The van der Waals surface area contributed by atoms with Gasteiger partial charge in [-0.25, -0.2) is 4.79 Å². The smallest absolute Gasteiger partial charge is 0.329 e. The zero-order chi connectivity index (χ0) is 15.5. The molecule has 1 heterocycles. The predicted octanol–water partition coefficient (Wildman–Crippen LogP) is 4.87. The molecule has 0 unspecified atom stereocenters. The summed E-state index contributed by atoms with van der Waals surface area (Å²) in [6, 6.07) is 16.1. The molecule has 110 valence electrons. The molecule has 0 amide bonds. The molecule has 0 atom stereocenters. The molecule has 3 aromatic rings. The van der Waals surface area contributed by atoms with E-state index in [1.807, 2.05) is 23.6 Å². The molecule has 22 heavy (non-hydrogen) atoms. The van der Waals surface area contributed by atoms with E-state index in [0.29, 0.717) is 14.5 Å². The monoisotopic (exact) mass is 347 g/mol. The second-order valence-corrected chi connectivity index (χ2v) is 6.37. The van der Waals surface area contributed by atoms with Gasteiger partial charge in [0.15, 0.2) is 3.95 Å². The van der Waals surface area contributed by atoms with E-state index in [1.165, 1.54) is 16.1 Å². The van der Waals surface area contributed by atoms with Crippen LogP contribution in [0, 0.1) is 3.95 Å².